The third kappa shape index (κ3) is 6.85. The number of imidazole rings is 2. The van der Waals surface area contributed by atoms with Crippen LogP contribution in [0.15, 0.2) is 182 Å². The third-order valence-corrected chi connectivity index (χ3v) is 13.6. The van der Waals surface area contributed by atoms with E-state index in [1.165, 1.54) is 27.8 Å². The summed E-state index contributed by atoms with van der Waals surface area (Å²) in [6.07, 6.45) is 4.27. The SMILES string of the molecule is Cc1cccc(C)c1-c1cc2cc(c1)-c1nc(cn1-c1ccccc1-c1ccccc1)N(c1ccccc1)c1cc(-c3c(C)cccc3C)cc(n1)-c1cc(c3ccn4c(C)c(C)nc4c3c1)O2. The Labute approximate surface area is 396 Å². The highest BCUT2D eigenvalue weighted by Gasteiger charge is 2.26. The Balaban J connectivity index is 1.24. The van der Waals surface area contributed by atoms with Gasteiger partial charge in [0.25, 0.3) is 0 Å². The van der Waals surface area contributed by atoms with Crippen molar-refractivity contribution in [2.75, 3.05) is 4.90 Å². The molecule has 328 valence electrons. The van der Waals surface area contributed by atoms with Gasteiger partial charge in [0.2, 0.25) is 0 Å². The van der Waals surface area contributed by atoms with Crippen molar-refractivity contribution in [3.63, 3.8) is 0 Å². The Morgan fingerprint density at radius 3 is 1.84 bits per heavy atom. The van der Waals surface area contributed by atoms with Crippen LogP contribution in [0.2, 0.25) is 0 Å². The summed E-state index contributed by atoms with van der Waals surface area (Å²) in [5, 5.41) is 1.93. The van der Waals surface area contributed by atoms with Crippen molar-refractivity contribution in [1.29, 1.82) is 0 Å². The van der Waals surface area contributed by atoms with Crippen LogP contribution in [0.25, 0.3) is 78.1 Å². The van der Waals surface area contributed by atoms with Crippen molar-refractivity contribution < 1.29 is 4.74 Å². The number of hydrogen-bond acceptors (Lipinski definition) is 5. The highest BCUT2D eigenvalue weighted by molar-refractivity contribution is 6.01. The van der Waals surface area contributed by atoms with E-state index in [9.17, 15) is 0 Å². The van der Waals surface area contributed by atoms with Crippen molar-refractivity contribution >= 4 is 33.7 Å². The van der Waals surface area contributed by atoms with Crippen LogP contribution in [0.5, 0.6) is 11.5 Å². The van der Waals surface area contributed by atoms with Gasteiger partial charge in [0, 0.05) is 45.0 Å². The Hall–Kier alpha value is -8.55. The van der Waals surface area contributed by atoms with Crippen molar-refractivity contribution in [3.8, 4) is 73.2 Å². The molecule has 0 radical (unpaired) electrons. The summed E-state index contributed by atoms with van der Waals surface area (Å²) >= 11 is 0. The van der Waals surface area contributed by atoms with Crippen LogP contribution >= 0.6 is 0 Å². The number of rotatable bonds is 5. The summed E-state index contributed by atoms with van der Waals surface area (Å²) < 4.78 is 11.8. The number of anilines is 3. The molecule has 0 aliphatic carbocycles. The van der Waals surface area contributed by atoms with Gasteiger partial charge in [-0.1, -0.05) is 103 Å². The number of aryl methyl sites for hydroxylation is 6. The van der Waals surface area contributed by atoms with Crippen LogP contribution in [0.4, 0.5) is 17.3 Å². The van der Waals surface area contributed by atoms with Crippen molar-refractivity contribution in [2.24, 2.45) is 0 Å². The quantitative estimate of drug-likeness (QED) is 0.172. The van der Waals surface area contributed by atoms with Gasteiger partial charge in [0.05, 0.1) is 23.3 Å². The smallest absolute Gasteiger partial charge is 0.158 e. The van der Waals surface area contributed by atoms with E-state index in [-0.39, 0.29) is 0 Å². The van der Waals surface area contributed by atoms with Crippen LogP contribution < -0.4 is 9.64 Å². The number of ether oxygens (including phenoxy) is 1. The highest BCUT2D eigenvalue weighted by atomic mass is 16.5. The first-order valence-corrected chi connectivity index (χ1v) is 23.2. The minimum Gasteiger partial charge on any atom is -0.457 e. The van der Waals surface area contributed by atoms with E-state index in [2.05, 4.69) is 238 Å². The second-order valence-electron chi connectivity index (χ2n) is 18.1. The van der Waals surface area contributed by atoms with Gasteiger partial charge < -0.3 is 9.14 Å². The number of nitrogens with zero attached hydrogens (tertiary/aromatic N) is 6. The molecule has 68 heavy (non-hydrogen) atoms. The van der Waals surface area contributed by atoms with E-state index < -0.39 is 0 Å². The maximum atomic E-state index is 7.34. The summed E-state index contributed by atoms with van der Waals surface area (Å²) in [5.74, 6) is 3.60. The molecule has 5 heterocycles. The fourth-order valence-electron chi connectivity index (χ4n) is 10.3. The zero-order chi connectivity index (χ0) is 46.2. The molecule has 0 unspecified atom stereocenters. The lowest BCUT2D eigenvalue weighted by Crippen LogP contribution is -2.13. The van der Waals surface area contributed by atoms with Gasteiger partial charge in [-0.25, -0.2) is 15.0 Å². The summed E-state index contributed by atoms with van der Waals surface area (Å²) in [5.41, 5.74) is 18.8. The van der Waals surface area contributed by atoms with Gasteiger partial charge in [-0.3, -0.25) is 9.47 Å². The van der Waals surface area contributed by atoms with E-state index in [4.69, 9.17) is 19.7 Å². The number of hydrogen-bond donors (Lipinski definition) is 0. The summed E-state index contributed by atoms with van der Waals surface area (Å²) in [7, 11) is 0. The number of pyridine rings is 2. The molecular weight excluding hydrogens is 833 g/mol. The molecule has 7 heteroatoms. The molecule has 0 amide bonds. The first-order valence-electron chi connectivity index (χ1n) is 23.2. The molecule has 0 fully saturated rings. The zero-order valence-corrected chi connectivity index (χ0v) is 38.9. The van der Waals surface area contributed by atoms with Crippen LogP contribution in [-0.4, -0.2) is 23.9 Å². The number of benzene rings is 7. The van der Waals surface area contributed by atoms with Gasteiger partial charge in [-0.05, 0) is 158 Å². The topological polar surface area (TPSA) is 60.5 Å². The molecule has 12 rings (SSSR count). The van der Waals surface area contributed by atoms with E-state index in [1.54, 1.807) is 0 Å². The molecular formula is C61H48N6O. The molecule has 1 aliphatic heterocycles. The van der Waals surface area contributed by atoms with Crippen molar-refractivity contribution in [1.82, 2.24) is 23.9 Å². The number of para-hydroxylation sites is 2. The lowest BCUT2D eigenvalue weighted by atomic mass is 9.94. The average Bonchev–Trinajstić information content (AvgIpc) is 3.91. The summed E-state index contributed by atoms with van der Waals surface area (Å²) in [4.78, 5) is 18.7. The first kappa shape index (κ1) is 40.9. The van der Waals surface area contributed by atoms with E-state index in [0.717, 1.165) is 95.5 Å². The molecule has 0 N–H and O–H groups in total. The van der Waals surface area contributed by atoms with Crippen LogP contribution in [0, 0.1) is 41.5 Å². The average molecular weight is 881 g/mol. The fraction of sp³-hybridized carbons (Fsp3) is 0.0984. The standard InChI is InChI=1S/C61H48N6O/c1-37-17-15-18-38(2)58(37)45-29-47-31-49(30-45)68-55-34-44(32-52-51(55)27-28-65-42(6)41(5)62-61(52)65)53-33-46(59-39(3)19-16-20-40(59)4)35-56(63-53)67(48-23-11-8-12-24-48)57-36-66(60(47)64-57)54-26-14-13-25-50(54)43-21-9-7-10-22-43/h7-36H,1-6H3. The fourth-order valence-corrected chi connectivity index (χ4v) is 10.3. The normalized spacial score (nSPS) is 12.1. The van der Waals surface area contributed by atoms with Gasteiger partial charge in [0.1, 0.15) is 28.8 Å². The molecule has 11 aromatic rings. The van der Waals surface area contributed by atoms with Crippen LogP contribution in [0.3, 0.4) is 0 Å². The number of aromatic nitrogens is 5. The Morgan fingerprint density at radius 1 is 0.471 bits per heavy atom. The second kappa shape index (κ2) is 16.1. The predicted molar refractivity (Wildman–Crippen MR) is 278 cm³/mol. The Morgan fingerprint density at radius 2 is 1.12 bits per heavy atom. The van der Waals surface area contributed by atoms with E-state index in [0.29, 0.717) is 17.3 Å². The summed E-state index contributed by atoms with van der Waals surface area (Å²) in [6, 6.07) is 60.1. The van der Waals surface area contributed by atoms with Crippen LogP contribution in [0.1, 0.15) is 33.6 Å². The highest BCUT2D eigenvalue weighted by Crippen LogP contribution is 2.45. The molecule has 0 spiro atoms. The molecule has 8 bridgehead atoms. The molecule has 0 atom stereocenters. The third-order valence-electron chi connectivity index (χ3n) is 13.6. The monoisotopic (exact) mass is 880 g/mol. The first-order chi connectivity index (χ1) is 33.2. The maximum Gasteiger partial charge on any atom is 0.158 e. The summed E-state index contributed by atoms with van der Waals surface area (Å²) in [6.45, 7) is 12.9. The Kier molecular flexibility index (Phi) is 9.69. The van der Waals surface area contributed by atoms with Crippen molar-refractivity contribution in [2.45, 2.75) is 41.5 Å². The second-order valence-corrected chi connectivity index (χ2v) is 18.1. The lowest BCUT2D eigenvalue weighted by Gasteiger charge is -2.24. The van der Waals surface area contributed by atoms with E-state index in [1.807, 2.05) is 0 Å². The molecule has 0 saturated carbocycles. The lowest BCUT2D eigenvalue weighted by molar-refractivity contribution is 0.489. The minimum absolute atomic E-state index is 0.691. The maximum absolute atomic E-state index is 7.34. The van der Waals surface area contributed by atoms with E-state index >= 15 is 0 Å². The van der Waals surface area contributed by atoms with Crippen molar-refractivity contribution in [3.05, 3.63) is 216 Å². The largest absolute Gasteiger partial charge is 0.457 e. The molecule has 7 nitrogen and oxygen atoms in total. The minimum atomic E-state index is 0.691. The Bertz CT molecular complexity index is 3750. The predicted octanol–water partition coefficient (Wildman–Crippen LogP) is 15.8. The van der Waals surface area contributed by atoms with Gasteiger partial charge in [-0.15, -0.1) is 0 Å². The van der Waals surface area contributed by atoms with Gasteiger partial charge in [-0.2, -0.15) is 0 Å². The molecule has 0 saturated heterocycles. The van der Waals surface area contributed by atoms with Gasteiger partial charge in [0.15, 0.2) is 5.82 Å². The van der Waals surface area contributed by atoms with Gasteiger partial charge >= 0.3 is 0 Å². The zero-order valence-electron chi connectivity index (χ0n) is 38.9. The molecule has 4 aromatic heterocycles. The molecule has 7 aromatic carbocycles. The molecule has 1 aliphatic rings. The number of fused-ring (bicyclic) bond motifs is 14. The van der Waals surface area contributed by atoms with Crippen LogP contribution in [-0.2, 0) is 0 Å².